The van der Waals surface area contributed by atoms with Crippen molar-refractivity contribution in [1.82, 2.24) is 15.1 Å². The first-order valence-electron chi connectivity index (χ1n) is 4.27. The first-order valence-corrected chi connectivity index (χ1v) is 4.27. The molecule has 0 aliphatic heterocycles. The van der Waals surface area contributed by atoms with Crippen LogP contribution in [-0.2, 0) is 11.2 Å². The molecule has 2 rings (SSSR count). The number of primary amides is 1. The molecule has 6 heteroatoms. The molecule has 0 bridgehead atoms. The van der Waals surface area contributed by atoms with Gasteiger partial charge in [-0.15, -0.1) is 0 Å². The van der Waals surface area contributed by atoms with E-state index in [-0.39, 0.29) is 12.3 Å². The number of hydrogen-bond donors (Lipinski definition) is 1. The lowest BCUT2D eigenvalue weighted by Crippen LogP contribution is -2.13. The smallest absolute Gasteiger partial charge is 0.236 e. The first kappa shape index (κ1) is 9.32. The maximum Gasteiger partial charge on any atom is 0.236 e. The molecule has 0 aliphatic carbocycles. The van der Waals surface area contributed by atoms with E-state index in [1.807, 2.05) is 0 Å². The summed E-state index contributed by atoms with van der Waals surface area (Å²) in [6, 6.07) is 3.56. The molecule has 15 heavy (non-hydrogen) atoms. The average molecular weight is 204 g/mol. The Hall–Kier alpha value is -2.24. The summed E-state index contributed by atoms with van der Waals surface area (Å²) in [6.45, 7) is 0. The molecule has 2 aromatic heterocycles. The van der Waals surface area contributed by atoms with Crippen LogP contribution in [-0.4, -0.2) is 21.0 Å². The minimum absolute atomic E-state index is 0.0484. The van der Waals surface area contributed by atoms with Crippen LogP contribution >= 0.6 is 0 Å². The van der Waals surface area contributed by atoms with Crippen molar-refractivity contribution in [3.8, 4) is 11.4 Å². The minimum atomic E-state index is -0.503. The largest absolute Gasteiger partial charge is 0.369 e. The van der Waals surface area contributed by atoms with Gasteiger partial charge in [-0.25, -0.2) is 0 Å². The van der Waals surface area contributed by atoms with Gasteiger partial charge in [-0.3, -0.25) is 9.78 Å². The van der Waals surface area contributed by atoms with Crippen molar-refractivity contribution < 1.29 is 9.32 Å². The monoisotopic (exact) mass is 204 g/mol. The zero-order valence-electron chi connectivity index (χ0n) is 7.75. The molecule has 0 atom stereocenters. The Labute approximate surface area is 85.1 Å². The van der Waals surface area contributed by atoms with Gasteiger partial charge in [0.2, 0.25) is 17.6 Å². The van der Waals surface area contributed by atoms with Crippen molar-refractivity contribution in [2.75, 3.05) is 0 Å². The van der Waals surface area contributed by atoms with Gasteiger partial charge >= 0.3 is 0 Å². The number of nitrogens with two attached hydrogens (primary N) is 1. The second kappa shape index (κ2) is 3.87. The molecule has 2 N–H and O–H groups in total. The fourth-order valence-corrected chi connectivity index (χ4v) is 1.09. The molecule has 0 saturated heterocycles. The van der Waals surface area contributed by atoms with E-state index < -0.39 is 5.91 Å². The Bertz CT molecular complexity index is 466. The summed E-state index contributed by atoms with van der Waals surface area (Å²) in [5.41, 5.74) is 5.73. The molecular weight excluding hydrogens is 196 g/mol. The van der Waals surface area contributed by atoms with Crippen molar-refractivity contribution >= 4 is 5.91 Å². The molecule has 0 aliphatic rings. The maximum atomic E-state index is 10.6. The number of pyridine rings is 1. The van der Waals surface area contributed by atoms with Gasteiger partial charge in [-0.1, -0.05) is 5.16 Å². The van der Waals surface area contributed by atoms with Gasteiger partial charge in [0.25, 0.3) is 0 Å². The Kier molecular flexibility index (Phi) is 2.40. The van der Waals surface area contributed by atoms with Crippen LogP contribution in [0.5, 0.6) is 0 Å². The molecule has 0 unspecified atom stereocenters. The quantitative estimate of drug-likeness (QED) is 0.768. The standard InChI is InChI=1S/C9H8N4O2/c10-7(14)4-8-12-9(13-15-8)6-2-1-3-11-5-6/h1-3,5H,4H2,(H2,10,14). The summed E-state index contributed by atoms with van der Waals surface area (Å²) in [4.78, 5) is 18.5. The van der Waals surface area contributed by atoms with Crippen LogP contribution in [0.25, 0.3) is 11.4 Å². The Morgan fingerprint density at radius 2 is 2.40 bits per heavy atom. The van der Waals surface area contributed by atoms with Crippen LogP contribution in [0.1, 0.15) is 5.89 Å². The Balaban J connectivity index is 2.24. The van der Waals surface area contributed by atoms with Gasteiger partial charge in [-0.2, -0.15) is 4.98 Å². The lowest BCUT2D eigenvalue weighted by atomic mass is 10.3. The van der Waals surface area contributed by atoms with Crippen LogP contribution in [0.3, 0.4) is 0 Å². The highest BCUT2D eigenvalue weighted by molar-refractivity contribution is 5.75. The SMILES string of the molecule is NC(=O)Cc1nc(-c2cccnc2)no1. The van der Waals surface area contributed by atoms with Gasteiger partial charge in [-0.05, 0) is 12.1 Å². The van der Waals surface area contributed by atoms with Gasteiger partial charge in [0, 0.05) is 18.0 Å². The average Bonchev–Trinajstić information content (AvgIpc) is 2.67. The van der Waals surface area contributed by atoms with Gasteiger partial charge in [0.05, 0.1) is 0 Å². The van der Waals surface area contributed by atoms with Crippen molar-refractivity contribution in [2.24, 2.45) is 5.73 Å². The van der Waals surface area contributed by atoms with E-state index in [1.165, 1.54) is 0 Å². The number of amides is 1. The first-order chi connectivity index (χ1) is 7.25. The molecule has 2 aromatic rings. The number of carbonyl (C=O) groups is 1. The molecular formula is C9H8N4O2. The number of nitrogens with zero attached hydrogens (tertiary/aromatic N) is 3. The van der Waals surface area contributed by atoms with E-state index in [2.05, 4.69) is 15.1 Å². The second-order valence-corrected chi connectivity index (χ2v) is 2.90. The van der Waals surface area contributed by atoms with Gasteiger partial charge in [0.1, 0.15) is 6.42 Å². The van der Waals surface area contributed by atoms with E-state index in [9.17, 15) is 4.79 Å². The second-order valence-electron chi connectivity index (χ2n) is 2.90. The van der Waals surface area contributed by atoms with Gasteiger partial charge in [0.15, 0.2) is 0 Å². The van der Waals surface area contributed by atoms with Gasteiger partial charge < -0.3 is 10.3 Å². The topological polar surface area (TPSA) is 94.9 Å². The van der Waals surface area contributed by atoms with Crippen molar-refractivity contribution in [3.63, 3.8) is 0 Å². The van der Waals surface area contributed by atoms with E-state index >= 15 is 0 Å². The highest BCUT2D eigenvalue weighted by Crippen LogP contribution is 2.13. The lowest BCUT2D eigenvalue weighted by molar-refractivity contribution is -0.117. The molecule has 0 spiro atoms. The highest BCUT2D eigenvalue weighted by atomic mass is 16.5. The summed E-state index contributed by atoms with van der Waals surface area (Å²) < 4.78 is 4.84. The van der Waals surface area contributed by atoms with Crippen LogP contribution < -0.4 is 5.73 Å². The van der Waals surface area contributed by atoms with E-state index in [0.29, 0.717) is 5.82 Å². The Morgan fingerprint density at radius 3 is 3.07 bits per heavy atom. The zero-order valence-corrected chi connectivity index (χ0v) is 7.75. The number of aromatic nitrogens is 3. The predicted molar refractivity (Wildman–Crippen MR) is 50.4 cm³/mol. The predicted octanol–water partition coefficient (Wildman–Crippen LogP) is 0.159. The Morgan fingerprint density at radius 1 is 1.53 bits per heavy atom. The third-order valence-electron chi connectivity index (χ3n) is 1.71. The molecule has 0 radical (unpaired) electrons. The van der Waals surface area contributed by atoms with E-state index in [4.69, 9.17) is 10.3 Å². The summed E-state index contributed by atoms with van der Waals surface area (Å²) in [6.07, 6.45) is 3.21. The van der Waals surface area contributed by atoms with Crippen LogP contribution in [0, 0.1) is 0 Å². The highest BCUT2D eigenvalue weighted by Gasteiger charge is 2.10. The molecule has 2 heterocycles. The minimum Gasteiger partial charge on any atom is -0.369 e. The summed E-state index contributed by atoms with van der Waals surface area (Å²) >= 11 is 0. The molecule has 0 saturated carbocycles. The van der Waals surface area contributed by atoms with Crippen molar-refractivity contribution in [2.45, 2.75) is 6.42 Å². The summed E-state index contributed by atoms with van der Waals surface area (Å²) in [5, 5.41) is 3.71. The normalized spacial score (nSPS) is 10.1. The molecule has 0 fully saturated rings. The van der Waals surface area contributed by atoms with Crippen molar-refractivity contribution in [1.29, 1.82) is 0 Å². The van der Waals surface area contributed by atoms with E-state index in [1.54, 1.807) is 24.5 Å². The molecule has 1 amide bonds. The van der Waals surface area contributed by atoms with Crippen LogP contribution in [0.2, 0.25) is 0 Å². The molecule has 76 valence electrons. The number of carbonyl (C=O) groups excluding carboxylic acids is 1. The summed E-state index contributed by atoms with van der Waals surface area (Å²) in [5.74, 6) is 0.108. The lowest BCUT2D eigenvalue weighted by Gasteiger charge is -1.89. The number of hydrogen-bond acceptors (Lipinski definition) is 5. The third kappa shape index (κ3) is 2.16. The molecule has 0 aromatic carbocycles. The third-order valence-corrected chi connectivity index (χ3v) is 1.71. The van der Waals surface area contributed by atoms with Crippen LogP contribution in [0.15, 0.2) is 29.0 Å². The number of rotatable bonds is 3. The van der Waals surface area contributed by atoms with Crippen LogP contribution in [0.4, 0.5) is 0 Å². The van der Waals surface area contributed by atoms with E-state index in [0.717, 1.165) is 5.56 Å². The molecule has 6 nitrogen and oxygen atoms in total. The fraction of sp³-hybridized carbons (Fsp3) is 0.111. The fourth-order valence-electron chi connectivity index (χ4n) is 1.09. The maximum absolute atomic E-state index is 10.6. The summed E-state index contributed by atoms with van der Waals surface area (Å²) in [7, 11) is 0. The zero-order chi connectivity index (χ0) is 10.7. The van der Waals surface area contributed by atoms with Crippen molar-refractivity contribution in [3.05, 3.63) is 30.4 Å².